The predicted octanol–water partition coefficient (Wildman–Crippen LogP) is 2.82. The number of alkyl halides is 3. The first-order valence-electron chi connectivity index (χ1n) is 7.79. The number of imide groups is 1. The number of carbonyl (C=O) groups excluding carboxylic acids is 2. The van der Waals surface area contributed by atoms with Gasteiger partial charge in [0, 0.05) is 26.2 Å². The Morgan fingerprint density at radius 2 is 1.82 bits per heavy atom. The second-order valence-corrected chi connectivity index (χ2v) is 5.65. The number of methoxy groups -OCH3 is 1. The van der Waals surface area contributed by atoms with Gasteiger partial charge in [-0.1, -0.05) is 6.07 Å². The van der Waals surface area contributed by atoms with Crippen molar-refractivity contribution in [2.24, 2.45) is 0 Å². The molecule has 0 fully saturated rings. The van der Waals surface area contributed by atoms with Crippen LogP contribution in [0.5, 0.6) is 17.4 Å². The summed E-state index contributed by atoms with van der Waals surface area (Å²) in [5, 5.41) is 3.37. The van der Waals surface area contributed by atoms with Crippen molar-refractivity contribution in [3.05, 3.63) is 47.7 Å². The van der Waals surface area contributed by atoms with Crippen LogP contribution in [0.2, 0.25) is 0 Å². The van der Waals surface area contributed by atoms with Gasteiger partial charge in [-0.25, -0.2) is 14.8 Å². The molecule has 1 aromatic carbocycles. The van der Waals surface area contributed by atoms with Crippen molar-refractivity contribution in [1.82, 2.24) is 20.7 Å². The molecule has 28 heavy (non-hydrogen) atoms. The van der Waals surface area contributed by atoms with Gasteiger partial charge in [-0.15, -0.1) is 0 Å². The molecule has 2 rings (SSSR count). The third kappa shape index (κ3) is 5.84. The monoisotopic (exact) mass is 398 g/mol. The first kappa shape index (κ1) is 21.0. The maximum absolute atomic E-state index is 12.8. The SMILES string of the molecule is COc1cc(Oc2cccc(C(F)(F)F)c2)nc(C(=O)NC(=O)NN(C)C)c1. The van der Waals surface area contributed by atoms with E-state index in [1.165, 1.54) is 36.4 Å². The molecule has 2 N–H and O–H groups in total. The quantitative estimate of drug-likeness (QED) is 0.753. The van der Waals surface area contributed by atoms with Crippen LogP contribution < -0.4 is 20.2 Å². The Balaban J connectivity index is 2.25. The number of amides is 3. The molecule has 2 aromatic rings. The number of halogens is 3. The third-order valence-electron chi connectivity index (χ3n) is 3.18. The summed E-state index contributed by atoms with van der Waals surface area (Å²) in [5.41, 5.74) is 1.19. The molecule has 0 saturated carbocycles. The Morgan fingerprint density at radius 1 is 1.11 bits per heavy atom. The molecule has 0 atom stereocenters. The Hall–Kier alpha value is -3.34. The number of carbonyl (C=O) groups is 2. The van der Waals surface area contributed by atoms with E-state index < -0.39 is 23.7 Å². The molecule has 11 heteroatoms. The number of rotatable bonds is 5. The molecular weight excluding hydrogens is 381 g/mol. The van der Waals surface area contributed by atoms with Gasteiger partial charge in [0.25, 0.3) is 5.91 Å². The van der Waals surface area contributed by atoms with E-state index in [0.717, 1.165) is 12.1 Å². The molecule has 0 aliphatic carbocycles. The summed E-state index contributed by atoms with van der Waals surface area (Å²) < 4.78 is 48.8. The van der Waals surface area contributed by atoms with Crippen molar-refractivity contribution in [1.29, 1.82) is 0 Å². The molecule has 3 amide bonds. The fourth-order valence-electron chi connectivity index (χ4n) is 2.02. The van der Waals surface area contributed by atoms with E-state index in [4.69, 9.17) is 9.47 Å². The first-order valence-corrected chi connectivity index (χ1v) is 7.79. The van der Waals surface area contributed by atoms with Crippen LogP contribution in [0.4, 0.5) is 18.0 Å². The highest BCUT2D eigenvalue weighted by Gasteiger charge is 2.30. The second-order valence-electron chi connectivity index (χ2n) is 5.65. The molecular formula is C17H17F3N4O4. The van der Waals surface area contributed by atoms with Gasteiger partial charge in [-0.05, 0) is 18.2 Å². The highest BCUT2D eigenvalue weighted by atomic mass is 19.4. The molecule has 0 radical (unpaired) electrons. The van der Waals surface area contributed by atoms with Crippen molar-refractivity contribution in [2.45, 2.75) is 6.18 Å². The second kappa shape index (κ2) is 8.57. The van der Waals surface area contributed by atoms with Gasteiger partial charge in [0.05, 0.1) is 12.7 Å². The molecule has 0 spiro atoms. The number of aromatic nitrogens is 1. The summed E-state index contributed by atoms with van der Waals surface area (Å²) in [6, 6.07) is 5.92. The van der Waals surface area contributed by atoms with E-state index in [9.17, 15) is 22.8 Å². The van der Waals surface area contributed by atoms with Crippen LogP contribution in [0.15, 0.2) is 36.4 Å². The number of nitrogens with zero attached hydrogens (tertiary/aromatic N) is 2. The summed E-state index contributed by atoms with van der Waals surface area (Å²) in [4.78, 5) is 27.7. The van der Waals surface area contributed by atoms with Gasteiger partial charge in [0.15, 0.2) is 0 Å². The van der Waals surface area contributed by atoms with E-state index in [2.05, 4.69) is 10.4 Å². The van der Waals surface area contributed by atoms with Crippen molar-refractivity contribution in [3.63, 3.8) is 0 Å². The molecule has 150 valence electrons. The minimum Gasteiger partial charge on any atom is -0.496 e. The van der Waals surface area contributed by atoms with Crippen LogP contribution in [-0.4, -0.2) is 43.1 Å². The highest BCUT2D eigenvalue weighted by molar-refractivity contribution is 6.03. The zero-order valence-corrected chi connectivity index (χ0v) is 15.1. The van der Waals surface area contributed by atoms with Crippen LogP contribution in [0, 0.1) is 0 Å². The summed E-state index contributed by atoms with van der Waals surface area (Å²) in [7, 11) is 4.42. The Kier molecular flexibility index (Phi) is 6.41. The lowest BCUT2D eigenvalue weighted by Crippen LogP contribution is -2.45. The number of ether oxygens (including phenoxy) is 2. The van der Waals surface area contributed by atoms with Crippen LogP contribution in [0.3, 0.4) is 0 Å². The summed E-state index contributed by atoms with van der Waals surface area (Å²) in [6.07, 6.45) is -4.54. The maximum atomic E-state index is 12.8. The zero-order valence-electron chi connectivity index (χ0n) is 15.1. The third-order valence-corrected chi connectivity index (χ3v) is 3.18. The average molecular weight is 398 g/mol. The van der Waals surface area contributed by atoms with Crippen molar-refractivity contribution >= 4 is 11.9 Å². The van der Waals surface area contributed by atoms with E-state index in [1.807, 2.05) is 5.32 Å². The summed E-state index contributed by atoms with van der Waals surface area (Å²) in [6.45, 7) is 0. The topological polar surface area (TPSA) is 92.8 Å². The van der Waals surface area contributed by atoms with Crippen LogP contribution in [0.25, 0.3) is 0 Å². The van der Waals surface area contributed by atoms with Gasteiger partial charge in [0.2, 0.25) is 5.88 Å². The lowest BCUT2D eigenvalue weighted by atomic mass is 10.2. The van der Waals surface area contributed by atoms with Crippen molar-refractivity contribution in [2.75, 3.05) is 21.2 Å². The van der Waals surface area contributed by atoms with Gasteiger partial charge in [-0.3, -0.25) is 15.5 Å². The predicted molar refractivity (Wildman–Crippen MR) is 92.0 cm³/mol. The van der Waals surface area contributed by atoms with Crippen molar-refractivity contribution < 1.29 is 32.2 Å². The molecule has 0 bridgehead atoms. The van der Waals surface area contributed by atoms with E-state index in [0.29, 0.717) is 0 Å². The Bertz CT molecular complexity index is 872. The molecule has 8 nitrogen and oxygen atoms in total. The number of pyridine rings is 1. The number of nitrogens with one attached hydrogen (secondary N) is 2. The van der Waals surface area contributed by atoms with Crippen LogP contribution >= 0.6 is 0 Å². The van der Waals surface area contributed by atoms with Gasteiger partial charge >= 0.3 is 12.2 Å². The van der Waals surface area contributed by atoms with E-state index in [-0.39, 0.29) is 23.1 Å². The maximum Gasteiger partial charge on any atom is 0.416 e. The largest absolute Gasteiger partial charge is 0.496 e. The number of hydrogen-bond acceptors (Lipinski definition) is 6. The standard InChI is InChI=1S/C17H17F3N4O4/c1-24(2)23-16(26)22-15(25)13-8-12(27-3)9-14(21-13)28-11-6-4-5-10(7-11)17(18,19)20/h4-9H,1-3H3,(H2,22,23,25,26). The van der Waals surface area contributed by atoms with Gasteiger partial charge in [0.1, 0.15) is 17.2 Å². The number of hydrazine groups is 1. The number of hydrogen-bond donors (Lipinski definition) is 2. The summed E-state index contributed by atoms with van der Waals surface area (Å²) >= 11 is 0. The lowest BCUT2D eigenvalue weighted by molar-refractivity contribution is -0.137. The first-order chi connectivity index (χ1) is 13.1. The molecule has 0 saturated heterocycles. The van der Waals surface area contributed by atoms with E-state index in [1.54, 1.807) is 14.1 Å². The molecule has 1 aromatic heterocycles. The van der Waals surface area contributed by atoms with E-state index >= 15 is 0 Å². The number of urea groups is 1. The molecule has 0 unspecified atom stereocenters. The average Bonchev–Trinajstić information content (AvgIpc) is 2.60. The van der Waals surface area contributed by atoms with Gasteiger partial charge in [-0.2, -0.15) is 13.2 Å². The molecule has 1 heterocycles. The fourth-order valence-corrected chi connectivity index (χ4v) is 2.02. The number of benzene rings is 1. The zero-order chi connectivity index (χ0) is 20.9. The highest BCUT2D eigenvalue weighted by Crippen LogP contribution is 2.33. The Morgan fingerprint density at radius 3 is 2.43 bits per heavy atom. The van der Waals surface area contributed by atoms with Crippen molar-refractivity contribution in [3.8, 4) is 17.4 Å². The van der Waals surface area contributed by atoms with Crippen LogP contribution in [0.1, 0.15) is 16.1 Å². The normalized spacial score (nSPS) is 11.1. The fraction of sp³-hybridized carbons (Fsp3) is 0.235. The lowest BCUT2D eigenvalue weighted by Gasteiger charge is -2.13. The minimum atomic E-state index is -4.54. The van der Waals surface area contributed by atoms with Crippen LogP contribution in [-0.2, 0) is 6.18 Å². The smallest absolute Gasteiger partial charge is 0.416 e. The van der Waals surface area contributed by atoms with Gasteiger partial charge < -0.3 is 9.47 Å². The Labute approximate surface area is 158 Å². The molecule has 0 aliphatic rings. The molecule has 0 aliphatic heterocycles. The summed E-state index contributed by atoms with van der Waals surface area (Å²) in [5.74, 6) is -1.01. The minimum absolute atomic E-state index is 0.132.